The Hall–Kier alpha value is -1.03. The van der Waals surface area contributed by atoms with E-state index in [2.05, 4.69) is 30.6 Å². The van der Waals surface area contributed by atoms with Gasteiger partial charge in [-0.1, -0.05) is 13.8 Å². The summed E-state index contributed by atoms with van der Waals surface area (Å²) < 4.78 is 0. The first-order chi connectivity index (χ1) is 6.98. The topological polar surface area (TPSA) is 55.1 Å². The molecule has 0 fully saturated rings. The second-order valence-electron chi connectivity index (χ2n) is 4.91. The summed E-state index contributed by atoms with van der Waals surface area (Å²) in [5, 5.41) is 4.91. The molecule has 0 aliphatic heterocycles. The number of fused-ring (bicyclic) bond motifs is 1. The molecule has 0 spiro atoms. The predicted octanol–water partition coefficient (Wildman–Crippen LogP) is 2.43. The fourth-order valence-corrected chi connectivity index (χ4v) is 3.47. The van der Waals surface area contributed by atoms with Gasteiger partial charge in [-0.25, -0.2) is 4.79 Å². The van der Waals surface area contributed by atoms with E-state index in [1.165, 1.54) is 10.4 Å². The number of carbonyl (C=O) groups excluding carboxylic acids is 1. The van der Waals surface area contributed by atoms with Gasteiger partial charge in [0.2, 0.25) is 0 Å². The number of primary amides is 1. The molecule has 1 aromatic heterocycles. The summed E-state index contributed by atoms with van der Waals surface area (Å²) >= 11 is 1.77. The van der Waals surface area contributed by atoms with Gasteiger partial charge < -0.3 is 11.1 Å². The summed E-state index contributed by atoms with van der Waals surface area (Å²) in [6, 6.07) is 1.75. The minimum Gasteiger partial charge on any atom is -0.352 e. The molecule has 0 bridgehead atoms. The van der Waals surface area contributed by atoms with Crippen molar-refractivity contribution < 1.29 is 4.79 Å². The number of hydrogen-bond acceptors (Lipinski definition) is 2. The highest BCUT2D eigenvalue weighted by molar-refractivity contribution is 7.10. The first-order valence-electron chi connectivity index (χ1n) is 5.10. The van der Waals surface area contributed by atoms with Crippen molar-refractivity contribution in [1.29, 1.82) is 0 Å². The normalized spacial score (nSPS) is 23.2. The Bertz CT molecular complexity index is 384. The van der Waals surface area contributed by atoms with E-state index in [0.29, 0.717) is 0 Å². The summed E-state index contributed by atoms with van der Waals surface area (Å²) in [4.78, 5) is 12.3. The van der Waals surface area contributed by atoms with Crippen molar-refractivity contribution in [2.75, 3.05) is 0 Å². The number of rotatable bonds is 1. The fraction of sp³-hybridized carbons (Fsp3) is 0.545. The third-order valence-corrected chi connectivity index (χ3v) is 3.80. The smallest absolute Gasteiger partial charge is 0.312 e. The molecule has 0 aromatic carbocycles. The zero-order valence-electron chi connectivity index (χ0n) is 9.04. The second-order valence-corrected chi connectivity index (χ2v) is 5.91. The highest BCUT2D eigenvalue weighted by atomic mass is 32.1. The molecule has 0 saturated heterocycles. The molecule has 82 valence electrons. The van der Waals surface area contributed by atoms with Crippen LogP contribution in [0.15, 0.2) is 11.4 Å². The average Bonchev–Trinajstić information content (AvgIpc) is 2.48. The monoisotopic (exact) mass is 224 g/mol. The number of carbonyl (C=O) groups is 1. The average molecular weight is 224 g/mol. The van der Waals surface area contributed by atoms with E-state index < -0.39 is 6.03 Å². The first-order valence-corrected chi connectivity index (χ1v) is 5.98. The van der Waals surface area contributed by atoms with Gasteiger partial charge in [0.05, 0.1) is 6.04 Å². The van der Waals surface area contributed by atoms with E-state index in [1.54, 1.807) is 11.3 Å². The van der Waals surface area contributed by atoms with Crippen molar-refractivity contribution in [1.82, 2.24) is 5.32 Å². The Morgan fingerprint density at radius 2 is 2.40 bits per heavy atom. The van der Waals surface area contributed by atoms with Crippen LogP contribution in [0.3, 0.4) is 0 Å². The van der Waals surface area contributed by atoms with E-state index in [-0.39, 0.29) is 11.5 Å². The summed E-state index contributed by atoms with van der Waals surface area (Å²) in [5.74, 6) is 0. The largest absolute Gasteiger partial charge is 0.352 e. The van der Waals surface area contributed by atoms with Crippen LogP contribution in [0.5, 0.6) is 0 Å². The van der Waals surface area contributed by atoms with Crippen LogP contribution in [0, 0.1) is 5.41 Å². The lowest BCUT2D eigenvalue weighted by molar-refractivity contribution is 0.229. The van der Waals surface area contributed by atoms with Crippen LogP contribution < -0.4 is 11.1 Å². The standard InChI is InChI=1S/C11H16N2OS/c1-11(2)5-8(13-10(12)14)7-3-4-15-9(7)6-11/h3-4,8H,5-6H2,1-2H3,(H3,12,13,14). The minimum atomic E-state index is -0.435. The molecule has 1 aliphatic carbocycles. The Kier molecular flexibility index (Phi) is 2.46. The van der Waals surface area contributed by atoms with Crippen molar-refractivity contribution in [3.63, 3.8) is 0 Å². The Labute approximate surface area is 93.7 Å². The van der Waals surface area contributed by atoms with Gasteiger partial charge in [0.15, 0.2) is 0 Å². The lowest BCUT2D eigenvalue weighted by Gasteiger charge is -2.35. The first kappa shape index (κ1) is 10.5. The summed E-state index contributed by atoms with van der Waals surface area (Å²) in [5.41, 5.74) is 6.68. The van der Waals surface area contributed by atoms with Gasteiger partial charge in [-0.2, -0.15) is 0 Å². The van der Waals surface area contributed by atoms with E-state index in [0.717, 1.165) is 12.8 Å². The lowest BCUT2D eigenvalue weighted by Crippen LogP contribution is -2.38. The molecular formula is C11H16N2OS. The zero-order chi connectivity index (χ0) is 11.1. The van der Waals surface area contributed by atoms with Crippen LogP contribution in [-0.2, 0) is 6.42 Å². The number of urea groups is 1. The molecule has 3 nitrogen and oxygen atoms in total. The maximum Gasteiger partial charge on any atom is 0.312 e. The van der Waals surface area contributed by atoms with Crippen LogP contribution in [-0.4, -0.2) is 6.03 Å². The van der Waals surface area contributed by atoms with Gasteiger partial charge in [-0.05, 0) is 35.3 Å². The molecule has 0 saturated carbocycles. The molecule has 1 aromatic rings. The minimum absolute atomic E-state index is 0.0903. The second kappa shape index (κ2) is 3.52. The van der Waals surface area contributed by atoms with Gasteiger partial charge in [0.1, 0.15) is 0 Å². The molecule has 1 heterocycles. The predicted molar refractivity (Wildman–Crippen MR) is 61.9 cm³/mol. The van der Waals surface area contributed by atoms with Gasteiger partial charge in [-0.15, -0.1) is 11.3 Å². The van der Waals surface area contributed by atoms with E-state index in [1.807, 2.05) is 0 Å². The SMILES string of the molecule is CC1(C)Cc2sccc2C(NC(N)=O)C1. The molecule has 3 N–H and O–H groups in total. The number of thiophene rings is 1. The number of hydrogen-bond donors (Lipinski definition) is 2. The maximum atomic E-state index is 10.9. The molecule has 2 amide bonds. The summed E-state index contributed by atoms with van der Waals surface area (Å²) in [7, 11) is 0. The molecule has 1 atom stereocenters. The molecule has 0 radical (unpaired) electrons. The molecular weight excluding hydrogens is 208 g/mol. The zero-order valence-corrected chi connectivity index (χ0v) is 9.86. The fourth-order valence-electron chi connectivity index (χ4n) is 2.27. The van der Waals surface area contributed by atoms with Crippen LogP contribution in [0.25, 0.3) is 0 Å². The molecule has 1 aliphatic rings. The van der Waals surface area contributed by atoms with Gasteiger partial charge >= 0.3 is 6.03 Å². The summed E-state index contributed by atoms with van der Waals surface area (Å²) in [6.45, 7) is 4.46. The van der Waals surface area contributed by atoms with Crippen molar-refractivity contribution in [2.24, 2.45) is 11.1 Å². The Balaban J connectivity index is 2.29. The number of nitrogens with two attached hydrogens (primary N) is 1. The molecule has 1 unspecified atom stereocenters. The van der Waals surface area contributed by atoms with E-state index in [9.17, 15) is 4.79 Å². The van der Waals surface area contributed by atoms with Crippen molar-refractivity contribution in [3.8, 4) is 0 Å². The summed E-state index contributed by atoms with van der Waals surface area (Å²) in [6.07, 6.45) is 2.05. The van der Waals surface area contributed by atoms with Gasteiger partial charge in [0.25, 0.3) is 0 Å². The van der Waals surface area contributed by atoms with Crippen LogP contribution in [0.1, 0.15) is 36.8 Å². The van der Waals surface area contributed by atoms with Crippen molar-refractivity contribution >= 4 is 17.4 Å². The lowest BCUT2D eigenvalue weighted by atomic mass is 9.75. The van der Waals surface area contributed by atoms with Gasteiger partial charge in [-0.3, -0.25) is 0 Å². The highest BCUT2D eigenvalue weighted by Crippen LogP contribution is 2.42. The quantitative estimate of drug-likeness (QED) is 0.756. The molecule has 4 heteroatoms. The van der Waals surface area contributed by atoms with E-state index in [4.69, 9.17) is 5.73 Å². The van der Waals surface area contributed by atoms with Crippen LogP contribution >= 0.6 is 11.3 Å². The maximum absolute atomic E-state index is 10.9. The molecule has 15 heavy (non-hydrogen) atoms. The number of nitrogens with one attached hydrogen (secondary N) is 1. The Morgan fingerprint density at radius 3 is 3.07 bits per heavy atom. The van der Waals surface area contributed by atoms with Crippen molar-refractivity contribution in [2.45, 2.75) is 32.7 Å². The number of amides is 2. The van der Waals surface area contributed by atoms with E-state index >= 15 is 0 Å². The third kappa shape index (κ3) is 2.15. The Morgan fingerprint density at radius 1 is 1.67 bits per heavy atom. The van der Waals surface area contributed by atoms with Gasteiger partial charge in [0, 0.05) is 4.88 Å². The highest BCUT2D eigenvalue weighted by Gasteiger charge is 2.33. The van der Waals surface area contributed by atoms with Crippen LogP contribution in [0.2, 0.25) is 0 Å². The third-order valence-electron chi connectivity index (χ3n) is 2.87. The van der Waals surface area contributed by atoms with Crippen molar-refractivity contribution in [3.05, 3.63) is 21.9 Å². The van der Waals surface area contributed by atoms with Crippen LogP contribution in [0.4, 0.5) is 4.79 Å². The molecule has 2 rings (SSSR count).